The van der Waals surface area contributed by atoms with Crippen LogP contribution in [0, 0.1) is 11.3 Å². The van der Waals surface area contributed by atoms with Crippen LogP contribution >= 0.6 is 0 Å². The van der Waals surface area contributed by atoms with E-state index in [2.05, 4.69) is 16.0 Å². The van der Waals surface area contributed by atoms with Crippen LogP contribution in [-0.4, -0.2) is 55.1 Å². The van der Waals surface area contributed by atoms with Crippen LogP contribution in [-0.2, 0) is 10.0 Å². The van der Waals surface area contributed by atoms with E-state index in [-0.39, 0.29) is 11.0 Å². The number of sulfonamides is 1. The molecule has 8 heteroatoms. The van der Waals surface area contributed by atoms with E-state index in [4.69, 9.17) is 0 Å². The van der Waals surface area contributed by atoms with E-state index in [9.17, 15) is 18.8 Å². The maximum atomic E-state index is 13.0. The van der Waals surface area contributed by atoms with Gasteiger partial charge in [0.2, 0.25) is 10.0 Å². The highest BCUT2D eigenvalue weighted by molar-refractivity contribution is 7.89. The molecule has 2 aliphatic heterocycles. The van der Waals surface area contributed by atoms with Crippen molar-refractivity contribution in [2.75, 3.05) is 31.1 Å². The third-order valence-corrected chi connectivity index (χ3v) is 7.86. The number of aliphatic hydroxyl groups excluding tert-OH is 1. The minimum atomic E-state index is -3.52. The summed E-state index contributed by atoms with van der Waals surface area (Å²) >= 11 is 0. The molecule has 2 aromatic carbocycles. The van der Waals surface area contributed by atoms with E-state index in [0.717, 1.165) is 34.3 Å². The number of aromatic amines is 1. The molecule has 0 spiro atoms. The number of aromatic nitrogens is 1. The number of rotatable bonds is 4. The number of hydrogen-bond acceptors (Lipinski definition) is 5. The Kier molecular flexibility index (Phi) is 4.54. The van der Waals surface area contributed by atoms with Gasteiger partial charge in [-0.1, -0.05) is 6.07 Å². The van der Waals surface area contributed by atoms with Gasteiger partial charge in [0.25, 0.3) is 0 Å². The van der Waals surface area contributed by atoms with Crippen molar-refractivity contribution in [1.29, 1.82) is 5.26 Å². The average Bonchev–Trinajstić information content (AvgIpc) is 3.31. The fraction of sp³-hybridized carbons (Fsp3) is 0.318. The minimum Gasteiger partial charge on any atom is -0.391 e. The molecule has 0 aliphatic carbocycles. The quantitative estimate of drug-likeness (QED) is 0.673. The van der Waals surface area contributed by atoms with Crippen molar-refractivity contribution in [3.05, 3.63) is 48.0 Å². The fourth-order valence-corrected chi connectivity index (χ4v) is 5.69. The summed E-state index contributed by atoms with van der Waals surface area (Å²) < 4.78 is 27.4. The first-order chi connectivity index (χ1) is 14.5. The van der Waals surface area contributed by atoms with Gasteiger partial charge >= 0.3 is 0 Å². The predicted octanol–water partition coefficient (Wildman–Crippen LogP) is 2.67. The molecule has 154 valence electrons. The van der Waals surface area contributed by atoms with Gasteiger partial charge in [-0.25, -0.2) is 8.42 Å². The van der Waals surface area contributed by atoms with Crippen LogP contribution < -0.4 is 4.90 Å². The van der Waals surface area contributed by atoms with Crippen LogP contribution in [0.3, 0.4) is 0 Å². The molecule has 30 heavy (non-hydrogen) atoms. The molecule has 2 fully saturated rings. The Morgan fingerprint density at radius 3 is 2.60 bits per heavy atom. The maximum absolute atomic E-state index is 13.0. The second-order valence-corrected chi connectivity index (χ2v) is 9.86. The van der Waals surface area contributed by atoms with Gasteiger partial charge in [-0.2, -0.15) is 9.57 Å². The Morgan fingerprint density at radius 1 is 1.10 bits per heavy atom. The largest absolute Gasteiger partial charge is 0.391 e. The highest BCUT2D eigenvalue weighted by Crippen LogP contribution is 2.37. The number of benzene rings is 2. The molecule has 7 nitrogen and oxygen atoms in total. The Morgan fingerprint density at radius 2 is 1.93 bits per heavy atom. The smallest absolute Gasteiger partial charge is 0.243 e. The van der Waals surface area contributed by atoms with Gasteiger partial charge in [-0.3, -0.25) is 0 Å². The number of hydrogen-bond donors (Lipinski definition) is 2. The number of H-pyrrole nitrogens is 1. The molecule has 0 radical (unpaired) electrons. The molecule has 0 unspecified atom stereocenters. The summed E-state index contributed by atoms with van der Waals surface area (Å²) in [7, 11) is -3.52. The van der Waals surface area contributed by atoms with Gasteiger partial charge in [0.15, 0.2) is 0 Å². The Labute approximate surface area is 175 Å². The molecule has 0 bridgehead atoms. The zero-order valence-electron chi connectivity index (χ0n) is 16.4. The van der Waals surface area contributed by atoms with Crippen molar-refractivity contribution in [3.8, 4) is 17.3 Å². The first kappa shape index (κ1) is 19.1. The van der Waals surface area contributed by atoms with Crippen molar-refractivity contribution in [2.45, 2.75) is 23.8 Å². The van der Waals surface area contributed by atoms with E-state index in [1.54, 1.807) is 24.3 Å². The van der Waals surface area contributed by atoms with Crippen molar-refractivity contribution < 1.29 is 13.5 Å². The molecule has 2 N–H and O–H groups in total. The maximum Gasteiger partial charge on any atom is 0.243 e. The topological polar surface area (TPSA) is 100 Å². The lowest BCUT2D eigenvalue weighted by Crippen LogP contribution is -2.41. The number of nitrogens with one attached hydrogen (secondary N) is 1. The Bertz CT molecular complexity index is 1270. The summed E-state index contributed by atoms with van der Waals surface area (Å²) in [5, 5.41) is 20.1. The highest BCUT2D eigenvalue weighted by atomic mass is 32.2. The first-order valence-corrected chi connectivity index (χ1v) is 11.5. The molecule has 3 heterocycles. The molecule has 3 aromatic rings. The molecule has 2 saturated heterocycles. The van der Waals surface area contributed by atoms with Crippen molar-refractivity contribution in [2.24, 2.45) is 0 Å². The summed E-state index contributed by atoms with van der Waals surface area (Å²) in [5.74, 6) is 0. The zero-order valence-corrected chi connectivity index (χ0v) is 17.2. The van der Waals surface area contributed by atoms with Gasteiger partial charge in [0.05, 0.1) is 22.6 Å². The number of fused-ring (bicyclic) bond motifs is 1. The predicted molar refractivity (Wildman–Crippen MR) is 115 cm³/mol. The molecule has 1 aromatic heterocycles. The van der Waals surface area contributed by atoms with Crippen LogP contribution in [0.2, 0.25) is 0 Å². The average molecular weight is 423 g/mol. The molecule has 0 saturated carbocycles. The fourth-order valence-electron chi connectivity index (χ4n) is 4.15. The standard InChI is InChI=1S/C22H22N4O3S/c23-13-15-2-3-16-11-21(24-20(16)10-15)19-12-18(30(28,29)26-7-1-8-26)4-5-22(19)25-9-6-17(27)14-25/h2-5,10-12,17,24,27H,1,6-9,14H2/t17-/m0/s1. The third kappa shape index (κ3) is 3.16. The first-order valence-electron chi connectivity index (χ1n) is 10.1. The molecule has 5 rings (SSSR count). The third-order valence-electron chi connectivity index (χ3n) is 5.97. The second kappa shape index (κ2) is 7.13. The Hall–Kier alpha value is -2.86. The number of anilines is 1. The molecular weight excluding hydrogens is 400 g/mol. The summed E-state index contributed by atoms with van der Waals surface area (Å²) in [5.41, 5.74) is 3.85. The summed E-state index contributed by atoms with van der Waals surface area (Å²) in [6.45, 7) is 2.34. The van der Waals surface area contributed by atoms with Crippen LogP contribution in [0.5, 0.6) is 0 Å². The van der Waals surface area contributed by atoms with Crippen molar-refractivity contribution in [1.82, 2.24) is 9.29 Å². The van der Waals surface area contributed by atoms with Crippen LogP contribution in [0.15, 0.2) is 47.4 Å². The van der Waals surface area contributed by atoms with Gasteiger partial charge < -0.3 is 15.0 Å². The summed E-state index contributed by atoms with van der Waals surface area (Å²) in [6.07, 6.45) is 1.19. The second-order valence-electron chi connectivity index (χ2n) is 7.92. The number of β-amino-alcohol motifs (C(OH)–C–C–N with tert-alkyl or cyclic N) is 1. The lowest BCUT2D eigenvalue weighted by molar-refractivity contribution is 0.198. The molecule has 0 amide bonds. The molecule has 1 atom stereocenters. The van der Waals surface area contributed by atoms with Crippen LogP contribution in [0.4, 0.5) is 5.69 Å². The lowest BCUT2D eigenvalue weighted by atomic mass is 10.1. The van der Waals surface area contributed by atoms with Gasteiger partial charge in [0, 0.05) is 54.0 Å². The van der Waals surface area contributed by atoms with Gasteiger partial charge in [-0.15, -0.1) is 0 Å². The monoisotopic (exact) mass is 422 g/mol. The number of nitrogens with zero attached hydrogens (tertiary/aromatic N) is 3. The van der Waals surface area contributed by atoms with E-state index >= 15 is 0 Å². The Balaban J connectivity index is 1.65. The minimum absolute atomic E-state index is 0.275. The summed E-state index contributed by atoms with van der Waals surface area (Å²) in [4.78, 5) is 5.71. The van der Waals surface area contributed by atoms with E-state index < -0.39 is 10.0 Å². The van der Waals surface area contributed by atoms with Crippen molar-refractivity contribution in [3.63, 3.8) is 0 Å². The van der Waals surface area contributed by atoms with E-state index in [0.29, 0.717) is 38.2 Å². The number of nitriles is 1. The van der Waals surface area contributed by atoms with Crippen LogP contribution in [0.25, 0.3) is 22.2 Å². The summed E-state index contributed by atoms with van der Waals surface area (Å²) in [6, 6.07) is 14.8. The van der Waals surface area contributed by atoms with Crippen LogP contribution in [0.1, 0.15) is 18.4 Å². The van der Waals surface area contributed by atoms with Gasteiger partial charge in [-0.05, 0) is 49.2 Å². The number of aliphatic hydroxyl groups is 1. The normalized spacial score (nSPS) is 19.7. The lowest BCUT2D eigenvalue weighted by Gasteiger charge is -2.30. The molecular formula is C22H22N4O3S. The van der Waals surface area contributed by atoms with Gasteiger partial charge in [0.1, 0.15) is 0 Å². The zero-order chi connectivity index (χ0) is 20.9. The van der Waals surface area contributed by atoms with E-state index in [1.165, 1.54) is 4.31 Å². The van der Waals surface area contributed by atoms with Crippen molar-refractivity contribution >= 4 is 26.6 Å². The SMILES string of the molecule is N#Cc1ccc2cc(-c3cc(S(=O)(=O)N4CCC4)ccc3N3CC[C@H](O)C3)[nH]c2c1. The highest BCUT2D eigenvalue weighted by Gasteiger charge is 2.31. The molecule has 2 aliphatic rings. The van der Waals surface area contributed by atoms with E-state index in [1.807, 2.05) is 18.2 Å².